The number of carbonyl (C=O) groups excluding carboxylic acids is 1. The lowest BCUT2D eigenvalue weighted by atomic mass is 10.2. The van der Waals surface area contributed by atoms with Crippen LogP contribution in [0.1, 0.15) is 23.6 Å². The maximum Gasteiger partial charge on any atom is 0.264 e. The van der Waals surface area contributed by atoms with Gasteiger partial charge in [-0.05, 0) is 86.1 Å². The van der Waals surface area contributed by atoms with Crippen molar-refractivity contribution < 1.29 is 22.7 Å². The van der Waals surface area contributed by atoms with E-state index in [9.17, 15) is 13.2 Å². The Hall–Kier alpha value is -4.34. The van der Waals surface area contributed by atoms with E-state index in [1.54, 1.807) is 60.7 Å². The Morgan fingerprint density at radius 1 is 0.902 bits per heavy atom. The third kappa shape index (κ3) is 8.09. The fourth-order valence-electron chi connectivity index (χ4n) is 3.80. The summed E-state index contributed by atoms with van der Waals surface area (Å²) in [6.07, 6.45) is 1.47. The Kier molecular flexibility index (Phi) is 10.00. The molecule has 0 aliphatic rings. The summed E-state index contributed by atoms with van der Waals surface area (Å²) in [6, 6.07) is 27.6. The molecule has 0 spiro atoms. The zero-order valence-electron chi connectivity index (χ0n) is 22.7. The Labute approximate surface area is 245 Å². The second-order valence-corrected chi connectivity index (χ2v) is 11.3. The lowest BCUT2D eigenvalue weighted by Gasteiger charge is -2.24. The molecule has 0 fully saturated rings. The molecule has 0 radical (unpaired) electrons. The lowest BCUT2D eigenvalue weighted by Crippen LogP contribution is -2.39. The Morgan fingerprint density at radius 2 is 1.54 bits per heavy atom. The van der Waals surface area contributed by atoms with E-state index in [0.29, 0.717) is 41.0 Å². The molecule has 0 bridgehead atoms. The molecule has 0 aliphatic heterocycles. The minimum absolute atomic E-state index is 0.0367. The van der Waals surface area contributed by atoms with E-state index in [0.717, 1.165) is 15.4 Å². The number of hydrogen-bond acceptors (Lipinski definition) is 6. The van der Waals surface area contributed by atoms with Crippen LogP contribution in [0.5, 0.6) is 11.5 Å². The van der Waals surface area contributed by atoms with Gasteiger partial charge in [-0.15, -0.1) is 0 Å². The van der Waals surface area contributed by atoms with Crippen molar-refractivity contribution >= 4 is 39.4 Å². The summed E-state index contributed by atoms with van der Waals surface area (Å²) in [6.45, 7) is 4.07. The van der Waals surface area contributed by atoms with E-state index in [-0.39, 0.29) is 4.90 Å². The first-order valence-corrected chi connectivity index (χ1v) is 14.7. The molecule has 4 rings (SSSR count). The van der Waals surface area contributed by atoms with Crippen LogP contribution < -0.4 is 19.2 Å². The third-order valence-electron chi connectivity index (χ3n) is 5.97. The van der Waals surface area contributed by atoms with Crippen molar-refractivity contribution in [3.63, 3.8) is 0 Å². The number of benzene rings is 4. The molecular weight excluding hydrogens is 562 g/mol. The minimum atomic E-state index is -4.06. The summed E-state index contributed by atoms with van der Waals surface area (Å²) < 4.78 is 39.4. The molecule has 0 unspecified atom stereocenters. The van der Waals surface area contributed by atoms with E-state index in [4.69, 9.17) is 21.1 Å². The number of hydrazone groups is 1. The lowest BCUT2D eigenvalue weighted by molar-refractivity contribution is -0.119. The van der Waals surface area contributed by atoms with Gasteiger partial charge in [0.05, 0.1) is 23.4 Å². The Bertz CT molecular complexity index is 1590. The molecule has 41 heavy (non-hydrogen) atoms. The maximum absolute atomic E-state index is 13.6. The van der Waals surface area contributed by atoms with Crippen molar-refractivity contribution in [3.05, 3.63) is 119 Å². The highest BCUT2D eigenvalue weighted by atomic mass is 35.5. The molecule has 0 aromatic heterocycles. The van der Waals surface area contributed by atoms with Gasteiger partial charge in [0, 0.05) is 10.6 Å². The van der Waals surface area contributed by atoms with Gasteiger partial charge in [-0.2, -0.15) is 5.10 Å². The van der Waals surface area contributed by atoms with Crippen LogP contribution in [0.2, 0.25) is 5.02 Å². The standard InChI is InChI=1S/C31H30ClN3O5S/c1-3-39-27-16-18-29(19-17-27)41(37,38)35(26-12-8-23(2)9-13-26)21-31(36)34-33-20-24-10-14-28(15-11-24)40-22-25-6-4-5-7-30(25)32/h4-20H,3,21-22H2,1-2H3,(H,34,36)/b33-20-. The molecule has 0 saturated carbocycles. The molecule has 8 nitrogen and oxygen atoms in total. The molecule has 1 amide bonds. The fraction of sp³-hybridized carbons (Fsp3) is 0.161. The van der Waals surface area contributed by atoms with Crippen molar-refractivity contribution in [2.45, 2.75) is 25.3 Å². The molecule has 0 heterocycles. The first-order chi connectivity index (χ1) is 19.8. The first kappa shape index (κ1) is 29.6. The van der Waals surface area contributed by atoms with E-state index < -0.39 is 22.5 Å². The van der Waals surface area contributed by atoms with Gasteiger partial charge in [-0.25, -0.2) is 13.8 Å². The van der Waals surface area contributed by atoms with Gasteiger partial charge >= 0.3 is 0 Å². The Balaban J connectivity index is 1.41. The molecule has 0 atom stereocenters. The smallest absolute Gasteiger partial charge is 0.264 e. The topological polar surface area (TPSA) is 97.3 Å². The molecular formula is C31H30ClN3O5S. The number of sulfonamides is 1. The second-order valence-electron chi connectivity index (χ2n) is 8.99. The van der Waals surface area contributed by atoms with E-state index in [1.165, 1.54) is 18.3 Å². The molecule has 212 valence electrons. The largest absolute Gasteiger partial charge is 0.494 e. The van der Waals surface area contributed by atoms with Gasteiger partial charge in [0.2, 0.25) is 0 Å². The van der Waals surface area contributed by atoms with Crippen molar-refractivity contribution in [2.24, 2.45) is 5.10 Å². The maximum atomic E-state index is 13.6. The SMILES string of the molecule is CCOc1ccc(S(=O)(=O)N(CC(=O)N/N=C\c2ccc(OCc3ccccc3Cl)cc2)c2ccc(C)cc2)cc1. The highest BCUT2D eigenvalue weighted by molar-refractivity contribution is 7.92. The number of halogens is 1. The van der Waals surface area contributed by atoms with Crippen LogP contribution in [0.4, 0.5) is 5.69 Å². The Morgan fingerprint density at radius 3 is 2.20 bits per heavy atom. The molecule has 1 N–H and O–H groups in total. The van der Waals surface area contributed by atoms with E-state index >= 15 is 0 Å². The van der Waals surface area contributed by atoms with Gasteiger partial charge < -0.3 is 9.47 Å². The summed E-state index contributed by atoms with van der Waals surface area (Å²) >= 11 is 6.17. The van der Waals surface area contributed by atoms with Crippen LogP contribution in [0, 0.1) is 6.92 Å². The number of nitrogens with zero attached hydrogens (tertiary/aromatic N) is 2. The van der Waals surface area contributed by atoms with Crippen molar-refractivity contribution in [2.75, 3.05) is 17.5 Å². The van der Waals surface area contributed by atoms with Crippen LogP contribution in [0.25, 0.3) is 0 Å². The number of nitrogens with one attached hydrogen (secondary N) is 1. The first-order valence-electron chi connectivity index (χ1n) is 12.9. The molecule has 0 aliphatic carbocycles. The zero-order chi connectivity index (χ0) is 29.2. The number of amides is 1. The minimum Gasteiger partial charge on any atom is -0.494 e. The normalized spacial score (nSPS) is 11.3. The van der Waals surface area contributed by atoms with E-state index in [1.807, 2.05) is 38.1 Å². The monoisotopic (exact) mass is 591 g/mol. The summed E-state index contributed by atoms with van der Waals surface area (Å²) in [4.78, 5) is 12.9. The summed E-state index contributed by atoms with van der Waals surface area (Å²) in [5, 5.41) is 4.64. The van der Waals surface area contributed by atoms with Crippen molar-refractivity contribution in [1.82, 2.24) is 5.43 Å². The van der Waals surface area contributed by atoms with Gasteiger partial charge in [-0.1, -0.05) is 47.5 Å². The number of aryl methyl sites for hydroxylation is 1. The van der Waals surface area contributed by atoms with Crippen molar-refractivity contribution in [1.29, 1.82) is 0 Å². The summed E-state index contributed by atoms with van der Waals surface area (Å²) in [5.74, 6) is 0.607. The molecule has 4 aromatic rings. The summed E-state index contributed by atoms with van der Waals surface area (Å²) in [7, 11) is -4.06. The number of rotatable bonds is 12. The number of carbonyl (C=O) groups is 1. The van der Waals surface area contributed by atoms with Crippen LogP contribution in [0.15, 0.2) is 107 Å². The van der Waals surface area contributed by atoms with Crippen molar-refractivity contribution in [3.8, 4) is 11.5 Å². The van der Waals surface area contributed by atoms with Gasteiger partial charge in [0.15, 0.2) is 0 Å². The average molecular weight is 592 g/mol. The quantitative estimate of drug-likeness (QED) is 0.162. The zero-order valence-corrected chi connectivity index (χ0v) is 24.2. The predicted molar refractivity (Wildman–Crippen MR) is 161 cm³/mol. The van der Waals surface area contributed by atoms with Gasteiger partial charge in [0.25, 0.3) is 15.9 Å². The third-order valence-corrected chi connectivity index (χ3v) is 8.12. The highest BCUT2D eigenvalue weighted by Crippen LogP contribution is 2.25. The number of hydrogen-bond donors (Lipinski definition) is 1. The average Bonchev–Trinajstić information content (AvgIpc) is 2.97. The summed E-state index contributed by atoms with van der Waals surface area (Å²) in [5.41, 5.74) is 5.33. The van der Waals surface area contributed by atoms with E-state index in [2.05, 4.69) is 10.5 Å². The van der Waals surface area contributed by atoms with Crippen LogP contribution in [-0.2, 0) is 21.4 Å². The fourth-order valence-corrected chi connectivity index (χ4v) is 5.41. The number of anilines is 1. The van der Waals surface area contributed by atoms with Crippen LogP contribution in [-0.4, -0.2) is 33.7 Å². The van der Waals surface area contributed by atoms with Gasteiger partial charge in [0.1, 0.15) is 24.7 Å². The second kappa shape index (κ2) is 13.8. The molecule has 10 heteroatoms. The molecule has 0 saturated heterocycles. The predicted octanol–water partition coefficient (Wildman–Crippen LogP) is 5.97. The number of ether oxygens (including phenoxy) is 2. The van der Waals surface area contributed by atoms with Crippen LogP contribution >= 0.6 is 11.6 Å². The molecule has 4 aromatic carbocycles. The van der Waals surface area contributed by atoms with Gasteiger partial charge in [-0.3, -0.25) is 9.10 Å². The highest BCUT2D eigenvalue weighted by Gasteiger charge is 2.27. The van der Waals surface area contributed by atoms with Crippen LogP contribution in [0.3, 0.4) is 0 Å².